The van der Waals surface area contributed by atoms with Gasteiger partial charge in [0.25, 0.3) is 0 Å². The molecule has 0 aliphatic carbocycles. The molecule has 0 amide bonds. The Morgan fingerprint density at radius 3 is 2.36 bits per heavy atom. The summed E-state index contributed by atoms with van der Waals surface area (Å²) < 4.78 is 11.1. The lowest BCUT2D eigenvalue weighted by Gasteiger charge is -2.33. The Balaban J connectivity index is 2.19. The van der Waals surface area contributed by atoms with Crippen LogP contribution in [0.15, 0.2) is 29.8 Å². The van der Waals surface area contributed by atoms with Crippen LogP contribution in [0.4, 0.5) is 0 Å². The summed E-state index contributed by atoms with van der Waals surface area (Å²) in [5, 5.41) is 13.4. The summed E-state index contributed by atoms with van der Waals surface area (Å²) in [7, 11) is 1.53. The van der Waals surface area contributed by atoms with Crippen LogP contribution in [0.3, 0.4) is 0 Å². The molecule has 1 heterocycles. The molecular formula is C17H22NO4. The van der Waals surface area contributed by atoms with Gasteiger partial charge in [-0.25, -0.2) is 0 Å². The Hall–Kier alpha value is -1.85. The molecule has 0 unspecified atom stereocenters. The summed E-state index contributed by atoms with van der Waals surface area (Å²) in [5.41, 5.74) is 0.290. The van der Waals surface area contributed by atoms with E-state index in [0.717, 1.165) is 16.9 Å². The second kappa shape index (κ2) is 5.74. The summed E-state index contributed by atoms with van der Waals surface area (Å²) in [6.07, 6.45) is 2.71. The van der Waals surface area contributed by atoms with Crippen molar-refractivity contribution < 1.29 is 19.5 Å². The van der Waals surface area contributed by atoms with Gasteiger partial charge in [-0.15, -0.1) is 10.3 Å². The third kappa shape index (κ3) is 2.87. The zero-order valence-corrected chi connectivity index (χ0v) is 13.7. The van der Waals surface area contributed by atoms with Crippen LogP contribution >= 0.6 is 0 Å². The van der Waals surface area contributed by atoms with Crippen LogP contribution in [-0.2, 0) is 5.21 Å². The number of rotatable bonds is 5. The third-order valence-electron chi connectivity index (χ3n) is 4.05. The minimum absolute atomic E-state index is 0.298. The molecule has 2 rings (SSSR count). The molecule has 119 valence electrons. The molecule has 22 heavy (non-hydrogen) atoms. The Bertz CT molecular complexity index is 605. The van der Waals surface area contributed by atoms with Gasteiger partial charge in [-0.2, -0.15) is 0 Å². The van der Waals surface area contributed by atoms with E-state index in [4.69, 9.17) is 9.47 Å². The van der Waals surface area contributed by atoms with E-state index in [1.54, 1.807) is 18.2 Å². The molecule has 0 spiro atoms. The highest BCUT2D eigenvalue weighted by molar-refractivity contribution is 5.76. The van der Waals surface area contributed by atoms with Crippen LogP contribution in [0.25, 0.3) is 0 Å². The summed E-state index contributed by atoms with van der Waals surface area (Å²) >= 11 is 0. The fourth-order valence-corrected chi connectivity index (χ4v) is 2.76. The van der Waals surface area contributed by atoms with Crippen molar-refractivity contribution in [3.05, 3.63) is 35.4 Å². The summed E-state index contributed by atoms with van der Waals surface area (Å²) in [6, 6.07) is 4.99. The van der Waals surface area contributed by atoms with Gasteiger partial charge in [-0.1, -0.05) is 6.08 Å². The number of ether oxygens (including phenoxy) is 2. The fourth-order valence-electron chi connectivity index (χ4n) is 2.76. The smallest absolute Gasteiger partial charge is 0.161 e. The highest BCUT2D eigenvalue weighted by atomic mass is 16.5. The van der Waals surface area contributed by atoms with Crippen LogP contribution < -0.4 is 9.47 Å². The third-order valence-corrected chi connectivity index (χ3v) is 4.05. The predicted molar refractivity (Wildman–Crippen MR) is 82.6 cm³/mol. The van der Waals surface area contributed by atoms with Crippen LogP contribution in [0.1, 0.15) is 38.1 Å². The van der Waals surface area contributed by atoms with Crippen LogP contribution in [0.5, 0.6) is 11.5 Å². The van der Waals surface area contributed by atoms with E-state index in [0.29, 0.717) is 23.7 Å². The van der Waals surface area contributed by atoms with E-state index in [-0.39, 0.29) is 0 Å². The first-order valence-corrected chi connectivity index (χ1v) is 7.18. The first-order chi connectivity index (χ1) is 10.2. The molecule has 1 aromatic carbocycles. The van der Waals surface area contributed by atoms with Crippen molar-refractivity contribution in [1.82, 2.24) is 5.06 Å². The number of nitrogens with zero attached hydrogens (tertiary/aromatic N) is 1. The van der Waals surface area contributed by atoms with Gasteiger partial charge in [-0.3, -0.25) is 4.79 Å². The molecule has 0 fully saturated rings. The molecule has 1 aromatic rings. The molecule has 0 atom stereocenters. The van der Waals surface area contributed by atoms with Crippen molar-refractivity contribution in [2.24, 2.45) is 0 Å². The highest BCUT2D eigenvalue weighted by Gasteiger charge is 2.46. The maximum Gasteiger partial charge on any atom is 0.161 e. The van der Waals surface area contributed by atoms with Gasteiger partial charge in [0, 0.05) is 5.56 Å². The summed E-state index contributed by atoms with van der Waals surface area (Å²) in [4.78, 5) is 10.8. The Morgan fingerprint density at radius 1 is 1.18 bits per heavy atom. The largest absolute Gasteiger partial charge is 0.493 e. The molecule has 0 saturated heterocycles. The molecule has 1 radical (unpaired) electrons. The molecule has 0 bridgehead atoms. The van der Waals surface area contributed by atoms with Crippen molar-refractivity contribution in [2.45, 2.75) is 38.8 Å². The second-order valence-electron chi connectivity index (χ2n) is 6.49. The number of methoxy groups -OCH3 is 1. The molecule has 1 aliphatic rings. The number of carbonyl (C=O) groups excluding carboxylic acids is 1. The molecule has 0 aromatic heterocycles. The fraction of sp³-hybridized carbons (Fsp3) is 0.471. The van der Waals surface area contributed by atoms with Gasteiger partial charge in [0.15, 0.2) is 11.5 Å². The Labute approximate surface area is 131 Å². The lowest BCUT2D eigenvalue weighted by molar-refractivity contribution is -0.239. The molecule has 1 aliphatic heterocycles. The average molecular weight is 304 g/mol. The van der Waals surface area contributed by atoms with E-state index in [2.05, 4.69) is 0 Å². The minimum atomic E-state index is -0.612. The zero-order chi connectivity index (χ0) is 16.5. The lowest BCUT2D eigenvalue weighted by Crippen LogP contribution is -2.47. The van der Waals surface area contributed by atoms with Gasteiger partial charge >= 0.3 is 0 Å². The van der Waals surface area contributed by atoms with Crippen molar-refractivity contribution in [2.75, 3.05) is 13.7 Å². The van der Waals surface area contributed by atoms with Crippen molar-refractivity contribution in [3.8, 4) is 11.5 Å². The van der Waals surface area contributed by atoms with Gasteiger partial charge in [0.05, 0.1) is 18.2 Å². The summed E-state index contributed by atoms with van der Waals surface area (Å²) in [5.74, 6) is 1.05. The summed E-state index contributed by atoms with van der Waals surface area (Å²) in [6.45, 7) is 7.84. The van der Waals surface area contributed by atoms with E-state index in [1.165, 1.54) is 7.11 Å². The van der Waals surface area contributed by atoms with Crippen LogP contribution in [0.2, 0.25) is 0 Å². The number of benzene rings is 1. The highest BCUT2D eigenvalue weighted by Crippen LogP contribution is 2.39. The van der Waals surface area contributed by atoms with E-state index >= 15 is 0 Å². The molecule has 0 N–H and O–H groups in total. The number of hydrogen-bond donors (Lipinski definition) is 0. The van der Waals surface area contributed by atoms with Gasteiger partial charge in [-0.05, 0) is 51.5 Å². The standard InChI is InChI=1S/C17H22NO4/c1-16(2)9-13(17(3,4)18(16)20)11-22-14-7-6-12(10-19)8-15(14)21-5/h6-10H,11H2,1-5H3. The first-order valence-electron chi connectivity index (χ1n) is 7.18. The van der Waals surface area contributed by atoms with Crippen molar-refractivity contribution >= 4 is 6.29 Å². The Morgan fingerprint density at radius 2 is 1.86 bits per heavy atom. The normalized spacial score (nSPS) is 19.6. The average Bonchev–Trinajstić information content (AvgIpc) is 2.64. The molecular weight excluding hydrogens is 282 g/mol. The maximum atomic E-state index is 12.3. The van der Waals surface area contributed by atoms with Gasteiger partial charge < -0.3 is 9.47 Å². The van der Waals surface area contributed by atoms with Crippen LogP contribution in [0, 0.1) is 0 Å². The minimum Gasteiger partial charge on any atom is -0.493 e. The van der Waals surface area contributed by atoms with E-state index in [9.17, 15) is 10.0 Å². The Kier molecular flexibility index (Phi) is 4.31. The van der Waals surface area contributed by atoms with Gasteiger partial charge in [0.2, 0.25) is 0 Å². The monoisotopic (exact) mass is 304 g/mol. The predicted octanol–water partition coefficient (Wildman–Crippen LogP) is 3.03. The number of hydrogen-bond acceptors (Lipinski definition) is 4. The second-order valence-corrected chi connectivity index (χ2v) is 6.49. The SMILES string of the molecule is COc1cc(C=O)ccc1OCC1=CC(C)(C)N([O])C1(C)C. The number of aldehydes is 1. The molecule has 5 heteroatoms. The molecule has 5 nitrogen and oxygen atoms in total. The van der Waals surface area contributed by atoms with Crippen LogP contribution in [-0.4, -0.2) is 36.1 Å². The topological polar surface area (TPSA) is 58.7 Å². The quantitative estimate of drug-likeness (QED) is 0.620. The molecule has 0 saturated carbocycles. The van der Waals surface area contributed by atoms with E-state index < -0.39 is 11.1 Å². The van der Waals surface area contributed by atoms with Crippen molar-refractivity contribution in [3.63, 3.8) is 0 Å². The number of carbonyl (C=O) groups is 1. The maximum absolute atomic E-state index is 12.3. The van der Waals surface area contributed by atoms with Crippen molar-refractivity contribution in [1.29, 1.82) is 0 Å². The van der Waals surface area contributed by atoms with E-state index in [1.807, 2.05) is 33.8 Å². The zero-order valence-electron chi connectivity index (χ0n) is 13.7. The first kappa shape index (κ1) is 16.5. The van der Waals surface area contributed by atoms with Gasteiger partial charge in [0.1, 0.15) is 12.9 Å². The number of hydroxylamine groups is 2. The lowest BCUT2D eigenvalue weighted by atomic mass is 9.97.